The van der Waals surface area contributed by atoms with E-state index in [1.54, 1.807) is 0 Å². The Morgan fingerprint density at radius 2 is 1.33 bits per heavy atom. The minimum atomic E-state index is -1.59. The lowest BCUT2D eigenvalue weighted by atomic mass is 10.2. The van der Waals surface area contributed by atoms with Crippen LogP contribution in [0.4, 0.5) is 5.69 Å². The number of nitrogens with zero attached hydrogens (tertiary/aromatic N) is 1. The topological polar surface area (TPSA) is 127 Å². The van der Waals surface area contributed by atoms with Gasteiger partial charge in [-0.15, -0.1) is 0 Å². The smallest absolute Gasteiger partial charge is 0.335 e. The van der Waals surface area contributed by atoms with E-state index in [0.717, 1.165) is 13.8 Å². The maximum atomic E-state index is 12.4. The normalized spacial score (nSPS) is 20.0. The Balaban J connectivity index is 2.37. The van der Waals surface area contributed by atoms with Crippen LogP contribution < -0.4 is 4.90 Å². The average Bonchev–Trinajstić information content (AvgIpc) is 2.71. The molecule has 0 aromatic heterocycles. The maximum Gasteiger partial charge on any atom is 0.335 e. The van der Waals surface area contributed by atoms with Gasteiger partial charge < -0.3 is 14.6 Å². The molecule has 2 rings (SSSR count). The van der Waals surface area contributed by atoms with E-state index >= 15 is 0 Å². The van der Waals surface area contributed by atoms with Crippen molar-refractivity contribution < 1.29 is 38.6 Å². The van der Waals surface area contributed by atoms with Crippen LogP contribution >= 0.6 is 0 Å². The van der Waals surface area contributed by atoms with Crippen LogP contribution in [0.15, 0.2) is 24.3 Å². The van der Waals surface area contributed by atoms with Crippen molar-refractivity contribution in [1.82, 2.24) is 0 Å². The molecule has 9 nitrogen and oxygen atoms in total. The molecular weight excluding hydrogens is 322 g/mol. The van der Waals surface area contributed by atoms with Crippen LogP contribution in [0.3, 0.4) is 0 Å². The number of carboxylic acids is 1. The number of amides is 2. The zero-order chi connectivity index (χ0) is 18.0. The quantitative estimate of drug-likeness (QED) is 0.607. The van der Waals surface area contributed by atoms with Crippen LogP contribution in [-0.2, 0) is 28.7 Å². The van der Waals surface area contributed by atoms with Gasteiger partial charge in [-0.1, -0.05) is 0 Å². The summed E-state index contributed by atoms with van der Waals surface area (Å²) in [5.41, 5.74) is 0.0349. The van der Waals surface area contributed by atoms with E-state index in [-0.39, 0.29) is 11.3 Å². The highest BCUT2D eigenvalue weighted by Gasteiger charge is 2.52. The van der Waals surface area contributed by atoms with Crippen LogP contribution in [0.25, 0.3) is 0 Å². The molecule has 0 unspecified atom stereocenters. The Labute approximate surface area is 135 Å². The summed E-state index contributed by atoms with van der Waals surface area (Å²) in [6, 6.07) is 4.91. The van der Waals surface area contributed by atoms with E-state index in [4.69, 9.17) is 14.6 Å². The summed E-state index contributed by atoms with van der Waals surface area (Å²) in [7, 11) is 0. The molecule has 2 amide bonds. The van der Waals surface area contributed by atoms with Crippen LogP contribution in [0.2, 0.25) is 0 Å². The van der Waals surface area contributed by atoms with Gasteiger partial charge in [-0.3, -0.25) is 19.2 Å². The fraction of sp³-hybridized carbons (Fsp3) is 0.267. The lowest BCUT2D eigenvalue weighted by Crippen LogP contribution is -2.36. The lowest BCUT2D eigenvalue weighted by Gasteiger charge is -2.14. The van der Waals surface area contributed by atoms with Crippen LogP contribution in [0.5, 0.6) is 0 Å². The molecule has 24 heavy (non-hydrogen) atoms. The molecule has 0 bridgehead atoms. The Morgan fingerprint density at radius 3 is 1.67 bits per heavy atom. The van der Waals surface area contributed by atoms with Gasteiger partial charge in [-0.25, -0.2) is 9.69 Å². The van der Waals surface area contributed by atoms with E-state index in [0.29, 0.717) is 4.90 Å². The van der Waals surface area contributed by atoms with E-state index in [9.17, 15) is 24.0 Å². The summed E-state index contributed by atoms with van der Waals surface area (Å²) in [5, 5.41) is 8.86. The fourth-order valence-corrected chi connectivity index (χ4v) is 2.21. The monoisotopic (exact) mass is 335 g/mol. The van der Waals surface area contributed by atoms with Gasteiger partial charge in [0.05, 0.1) is 11.3 Å². The minimum Gasteiger partial charge on any atom is -0.478 e. The molecule has 1 aromatic carbocycles. The van der Waals surface area contributed by atoms with Gasteiger partial charge in [0.1, 0.15) is 0 Å². The fourth-order valence-electron chi connectivity index (χ4n) is 2.21. The zero-order valence-electron chi connectivity index (χ0n) is 12.7. The molecule has 1 heterocycles. The van der Waals surface area contributed by atoms with E-state index in [1.165, 1.54) is 24.3 Å². The third-order valence-electron chi connectivity index (χ3n) is 3.16. The summed E-state index contributed by atoms with van der Waals surface area (Å²) in [5.74, 6) is -4.58. The predicted molar refractivity (Wildman–Crippen MR) is 77.0 cm³/mol. The number of hydrogen-bond donors (Lipinski definition) is 1. The van der Waals surface area contributed by atoms with Crippen LogP contribution in [0, 0.1) is 0 Å². The second-order valence-electron chi connectivity index (χ2n) is 4.92. The first kappa shape index (κ1) is 17.1. The van der Waals surface area contributed by atoms with E-state index < -0.39 is 41.9 Å². The molecule has 1 aliphatic rings. The molecule has 1 saturated heterocycles. The first-order chi connectivity index (χ1) is 11.2. The summed E-state index contributed by atoms with van der Waals surface area (Å²) in [6.45, 7) is 2.10. The third kappa shape index (κ3) is 3.24. The first-order valence-corrected chi connectivity index (χ1v) is 6.78. The van der Waals surface area contributed by atoms with Crippen molar-refractivity contribution >= 4 is 35.4 Å². The van der Waals surface area contributed by atoms with Crippen molar-refractivity contribution in [1.29, 1.82) is 0 Å². The number of aromatic carboxylic acids is 1. The zero-order valence-corrected chi connectivity index (χ0v) is 12.7. The molecule has 1 fully saturated rings. The number of ether oxygens (including phenoxy) is 2. The molecule has 0 aliphatic carbocycles. The highest BCUT2D eigenvalue weighted by molar-refractivity contribution is 6.25. The highest BCUT2D eigenvalue weighted by atomic mass is 16.6. The highest BCUT2D eigenvalue weighted by Crippen LogP contribution is 2.27. The molecule has 126 valence electrons. The number of imide groups is 1. The Kier molecular flexibility index (Phi) is 4.63. The first-order valence-electron chi connectivity index (χ1n) is 6.78. The standard InChI is InChI=1S/C15H13NO8/c1-7(17)23-11-12(24-8(2)18)14(20)16(13(11)19)10-5-3-9(4-6-10)15(21)22/h3-6,11-12H,1-2H3,(H,21,22)/t11-,12-/m1/s1. The molecule has 0 saturated carbocycles. The minimum absolute atomic E-state index is 0.0362. The molecule has 0 radical (unpaired) electrons. The summed E-state index contributed by atoms with van der Waals surface area (Å²) in [6.07, 6.45) is -3.17. The molecule has 9 heteroatoms. The number of benzene rings is 1. The van der Waals surface area contributed by atoms with Gasteiger partial charge in [-0.05, 0) is 24.3 Å². The van der Waals surface area contributed by atoms with E-state index in [1.807, 2.05) is 0 Å². The number of carboxylic acid groups (broad SMARTS) is 1. The van der Waals surface area contributed by atoms with Crippen LogP contribution in [0.1, 0.15) is 24.2 Å². The largest absolute Gasteiger partial charge is 0.478 e. The molecule has 1 aromatic rings. The number of hydrogen-bond acceptors (Lipinski definition) is 7. The number of rotatable bonds is 4. The molecule has 2 atom stereocenters. The Morgan fingerprint density at radius 1 is 0.917 bits per heavy atom. The van der Waals surface area contributed by atoms with Crippen LogP contribution in [-0.4, -0.2) is 47.0 Å². The van der Waals surface area contributed by atoms with E-state index in [2.05, 4.69) is 0 Å². The molecular formula is C15H13NO8. The van der Waals surface area contributed by atoms with Crippen molar-refractivity contribution in [3.63, 3.8) is 0 Å². The van der Waals surface area contributed by atoms with Gasteiger partial charge in [0.25, 0.3) is 11.8 Å². The van der Waals surface area contributed by atoms with Gasteiger partial charge in [0.2, 0.25) is 12.2 Å². The summed E-state index contributed by atoms with van der Waals surface area (Å²) in [4.78, 5) is 58.6. The summed E-state index contributed by atoms with van der Waals surface area (Å²) >= 11 is 0. The second kappa shape index (κ2) is 6.49. The molecule has 0 spiro atoms. The summed E-state index contributed by atoms with van der Waals surface area (Å²) < 4.78 is 9.60. The SMILES string of the molecule is CC(=O)O[C@H]1C(=O)N(c2ccc(C(=O)O)cc2)C(=O)[C@@H]1OC(C)=O. The number of carbonyl (C=O) groups excluding carboxylic acids is 4. The average molecular weight is 335 g/mol. The Bertz CT molecular complexity index is 689. The van der Waals surface area contributed by atoms with Gasteiger partial charge in [0, 0.05) is 13.8 Å². The van der Waals surface area contributed by atoms with Crippen molar-refractivity contribution in [3.8, 4) is 0 Å². The predicted octanol–water partition coefficient (Wildman–Crippen LogP) is 0.121. The van der Waals surface area contributed by atoms with Crippen molar-refractivity contribution in [2.45, 2.75) is 26.1 Å². The second-order valence-corrected chi connectivity index (χ2v) is 4.92. The number of anilines is 1. The van der Waals surface area contributed by atoms with Gasteiger partial charge >= 0.3 is 17.9 Å². The van der Waals surface area contributed by atoms with Crippen molar-refractivity contribution in [2.24, 2.45) is 0 Å². The number of carbonyl (C=O) groups is 5. The van der Waals surface area contributed by atoms with Crippen molar-refractivity contribution in [2.75, 3.05) is 4.90 Å². The lowest BCUT2D eigenvalue weighted by molar-refractivity contribution is -0.167. The van der Waals surface area contributed by atoms with Gasteiger partial charge in [-0.2, -0.15) is 0 Å². The van der Waals surface area contributed by atoms with Crippen molar-refractivity contribution in [3.05, 3.63) is 29.8 Å². The van der Waals surface area contributed by atoms with Gasteiger partial charge in [0.15, 0.2) is 0 Å². The number of esters is 2. The Hall–Kier alpha value is -3.23. The maximum absolute atomic E-state index is 12.4. The molecule has 1 N–H and O–H groups in total. The third-order valence-corrected chi connectivity index (χ3v) is 3.16. The molecule has 1 aliphatic heterocycles.